The van der Waals surface area contributed by atoms with Crippen LogP contribution < -0.4 is 4.72 Å². The first-order valence-corrected chi connectivity index (χ1v) is 9.58. The highest BCUT2D eigenvalue weighted by atomic mass is 32.2. The lowest BCUT2D eigenvalue weighted by Gasteiger charge is -2.17. The largest absolute Gasteiger partial charge is 0.342 e. The number of hydrogen-bond acceptors (Lipinski definition) is 3. The molecule has 0 fully saturated rings. The molecular formula is C17H20FN3O3S. The zero-order chi connectivity index (χ0) is 18.2. The minimum absolute atomic E-state index is 0.00235. The van der Waals surface area contributed by atoms with Crippen molar-refractivity contribution in [2.24, 2.45) is 0 Å². The molecule has 134 valence electrons. The minimum atomic E-state index is -3.91. The predicted octanol–water partition coefficient (Wildman–Crippen LogP) is 2.60. The highest BCUT2D eigenvalue weighted by Gasteiger charge is 2.26. The average Bonchev–Trinajstić information content (AvgIpc) is 2.93. The van der Waals surface area contributed by atoms with Crippen molar-refractivity contribution in [1.82, 2.24) is 9.47 Å². The molecule has 1 N–H and O–H groups in total. The number of aromatic nitrogens is 1. The summed E-state index contributed by atoms with van der Waals surface area (Å²) in [5.41, 5.74) is 1.15. The Morgan fingerprint density at radius 1 is 1.24 bits per heavy atom. The standard InChI is InChI=1S/C17H20FN3O3S/c1-3-20-7-4-8-21-11-14(10-16(21)17(20)22)25(23,24)19-15-9-13(18)6-5-12(15)2/h5-6,9-11,19H,3-4,7-8H2,1-2H3. The molecule has 8 heteroatoms. The summed E-state index contributed by atoms with van der Waals surface area (Å²) >= 11 is 0. The lowest BCUT2D eigenvalue weighted by molar-refractivity contribution is 0.0766. The van der Waals surface area contributed by atoms with Crippen LogP contribution in [0.1, 0.15) is 29.4 Å². The third-order valence-corrected chi connectivity index (χ3v) is 5.67. The van der Waals surface area contributed by atoms with Crippen LogP contribution in [0.15, 0.2) is 35.4 Å². The molecule has 0 bridgehead atoms. The number of sulfonamides is 1. The van der Waals surface area contributed by atoms with Crippen LogP contribution in [0.2, 0.25) is 0 Å². The fourth-order valence-electron chi connectivity index (χ4n) is 2.90. The molecule has 1 aliphatic rings. The quantitative estimate of drug-likeness (QED) is 0.905. The maximum Gasteiger partial charge on any atom is 0.270 e. The van der Waals surface area contributed by atoms with E-state index >= 15 is 0 Å². The molecule has 0 saturated heterocycles. The summed E-state index contributed by atoms with van der Waals surface area (Å²) < 4.78 is 42.8. The van der Waals surface area contributed by atoms with E-state index in [-0.39, 0.29) is 16.5 Å². The van der Waals surface area contributed by atoms with Crippen molar-refractivity contribution >= 4 is 21.6 Å². The molecule has 2 aromatic rings. The Bertz CT molecular complexity index is 921. The van der Waals surface area contributed by atoms with Crippen molar-refractivity contribution in [3.63, 3.8) is 0 Å². The Labute approximate surface area is 146 Å². The molecule has 1 amide bonds. The summed E-state index contributed by atoms with van der Waals surface area (Å²) in [4.78, 5) is 14.2. The van der Waals surface area contributed by atoms with Gasteiger partial charge in [-0.05, 0) is 44.0 Å². The van der Waals surface area contributed by atoms with E-state index in [0.29, 0.717) is 30.9 Å². The van der Waals surface area contributed by atoms with Gasteiger partial charge in [-0.1, -0.05) is 6.07 Å². The molecule has 0 unspecified atom stereocenters. The lowest BCUT2D eigenvalue weighted by atomic mass is 10.2. The molecule has 0 atom stereocenters. The SMILES string of the molecule is CCN1CCCn2cc(S(=O)(=O)Nc3cc(F)ccc3C)cc2C1=O. The number of aryl methyl sites for hydroxylation is 2. The molecule has 0 aliphatic carbocycles. The summed E-state index contributed by atoms with van der Waals surface area (Å²) in [6.07, 6.45) is 2.22. The number of halogens is 1. The molecule has 1 aliphatic heterocycles. The Hall–Kier alpha value is -2.35. The molecule has 0 radical (unpaired) electrons. The van der Waals surface area contributed by atoms with Crippen LogP contribution in [0.25, 0.3) is 0 Å². The Morgan fingerprint density at radius 2 is 2.00 bits per heavy atom. The van der Waals surface area contributed by atoms with E-state index in [1.165, 1.54) is 24.4 Å². The summed E-state index contributed by atoms with van der Waals surface area (Å²) in [7, 11) is -3.91. The number of benzene rings is 1. The number of nitrogens with one attached hydrogen (secondary N) is 1. The fourth-order valence-corrected chi connectivity index (χ4v) is 4.06. The smallest absolute Gasteiger partial charge is 0.270 e. The molecule has 3 rings (SSSR count). The van der Waals surface area contributed by atoms with Crippen LogP contribution in [0.3, 0.4) is 0 Å². The number of carbonyl (C=O) groups excluding carboxylic acids is 1. The number of rotatable bonds is 4. The molecule has 25 heavy (non-hydrogen) atoms. The van der Waals surface area contributed by atoms with Gasteiger partial charge in [0.1, 0.15) is 16.4 Å². The molecule has 6 nitrogen and oxygen atoms in total. The number of hydrogen-bond donors (Lipinski definition) is 1. The molecule has 1 aromatic carbocycles. The van der Waals surface area contributed by atoms with E-state index in [1.807, 2.05) is 6.92 Å². The van der Waals surface area contributed by atoms with Gasteiger partial charge in [0.05, 0.1) is 5.69 Å². The summed E-state index contributed by atoms with van der Waals surface area (Å²) in [5, 5.41) is 0. The zero-order valence-corrected chi connectivity index (χ0v) is 14.9. The molecule has 0 spiro atoms. The first-order valence-electron chi connectivity index (χ1n) is 8.10. The summed E-state index contributed by atoms with van der Waals surface area (Å²) in [6.45, 7) is 5.38. The Balaban J connectivity index is 1.95. The zero-order valence-electron chi connectivity index (χ0n) is 14.1. The third kappa shape index (κ3) is 3.39. The molecule has 0 saturated carbocycles. The first-order chi connectivity index (χ1) is 11.8. The van der Waals surface area contributed by atoms with Crippen molar-refractivity contribution in [2.75, 3.05) is 17.8 Å². The maximum absolute atomic E-state index is 13.4. The monoisotopic (exact) mass is 365 g/mol. The average molecular weight is 365 g/mol. The molecular weight excluding hydrogens is 345 g/mol. The van der Waals surface area contributed by atoms with Gasteiger partial charge in [-0.25, -0.2) is 12.8 Å². The van der Waals surface area contributed by atoms with Crippen molar-refractivity contribution in [3.8, 4) is 0 Å². The van der Waals surface area contributed by atoms with Crippen LogP contribution in [0.4, 0.5) is 10.1 Å². The second kappa shape index (κ2) is 6.51. The van der Waals surface area contributed by atoms with E-state index in [0.717, 1.165) is 12.5 Å². The van der Waals surface area contributed by atoms with E-state index in [4.69, 9.17) is 0 Å². The normalized spacial score (nSPS) is 15.0. The van der Waals surface area contributed by atoms with Crippen molar-refractivity contribution in [2.45, 2.75) is 31.7 Å². The fraction of sp³-hybridized carbons (Fsp3) is 0.353. The highest BCUT2D eigenvalue weighted by Crippen LogP contribution is 2.24. The lowest BCUT2D eigenvalue weighted by Crippen LogP contribution is -2.30. The number of amides is 1. The summed E-state index contributed by atoms with van der Waals surface area (Å²) in [5.74, 6) is -0.701. The van der Waals surface area contributed by atoms with Crippen LogP contribution in [-0.4, -0.2) is 36.9 Å². The van der Waals surface area contributed by atoms with E-state index in [2.05, 4.69) is 4.72 Å². The van der Waals surface area contributed by atoms with Gasteiger partial charge < -0.3 is 9.47 Å². The van der Waals surface area contributed by atoms with Gasteiger partial charge in [-0.15, -0.1) is 0 Å². The van der Waals surface area contributed by atoms with Gasteiger partial charge in [0.25, 0.3) is 15.9 Å². The van der Waals surface area contributed by atoms with Gasteiger partial charge in [0.2, 0.25) is 0 Å². The van der Waals surface area contributed by atoms with Crippen molar-refractivity contribution in [1.29, 1.82) is 0 Å². The second-order valence-electron chi connectivity index (χ2n) is 6.06. The Morgan fingerprint density at radius 3 is 2.72 bits per heavy atom. The van der Waals surface area contributed by atoms with Crippen LogP contribution in [0.5, 0.6) is 0 Å². The maximum atomic E-state index is 13.4. The van der Waals surface area contributed by atoms with Crippen molar-refractivity contribution in [3.05, 3.63) is 47.5 Å². The minimum Gasteiger partial charge on any atom is -0.342 e. The van der Waals surface area contributed by atoms with Gasteiger partial charge in [-0.3, -0.25) is 9.52 Å². The third-order valence-electron chi connectivity index (χ3n) is 4.34. The van der Waals surface area contributed by atoms with E-state index in [9.17, 15) is 17.6 Å². The molecule has 2 heterocycles. The van der Waals surface area contributed by atoms with Gasteiger partial charge >= 0.3 is 0 Å². The predicted molar refractivity (Wildman–Crippen MR) is 92.6 cm³/mol. The summed E-state index contributed by atoms with van der Waals surface area (Å²) in [6, 6.07) is 5.29. The highest BCUT2D eigenvalue weighted by molar-refractivity contribution is 7.92. The number of carbonyl (C=O) groups is 1. The second-order valence-corrected chi connectivity index (χ2v) is 7.74. The van der Waals surface area contributed by atoms with Gasteiger partial charge in [0.15, 0.2) is 0 Å². The van der Waals surface area contributed by atoms with Crippen molar-refractivity contribution < 1.29 is 17.6 Å². The van der Waals surface area contributed by atoms with Crippen LogP contribution in [0, 0.1) is 12.7 Å². The van der Waals surface area contributed by atoms with Crippen LogP contribution >= 0.6 is 0 Å². The van der Waals surface area contributed by atoms with E-state index in [1.54, 1.807) is 16.4 Å². The number of anilines is 1. The topological polar surface area (TPSA) is 71.4 Å². The molecule has 1 aromatic heterocycles. The van der Waals surface area contributed by atoms with E-state index < -0.39 is 15.8 Å². The number of fused-ring (bicyclic) bond motifs is 1. The van der Waals surface area contributed by atoms with Crippen LogP contribution in [-0.2, 0) is 16.6 Å². The van der Waals surface area contributed by atoms with Gasteiger partial charge in [0, 0.05) is 25.8 Å². The number of nitrogens with zero attached hydrogens (tertiary/aromatic N) is 2. The Kier molecular flexibility index (Phi) is 4.55. The first kappa shape index (κ1) is 17.5. The van der Waals surface area contributed by atoms with Gasteiger partial charge in [-0.2, -0.15) is 0 Å².